The van der Waals surface area contributed by atoms with E-state index >= 15 is 0 Å². The first kappa shape index (κ1) is 26.3. The van der Waals surface area contributed by atoms with Gasteiger partial charge in [-0.05, 0) is 50.7 Å². The Balaban J connectivity index is 1.23. The summed E-state index contributed by atoms with van der Waals surface area (Å²) in [6.45, 7) is 8.18. The Morgan fingerprint density at radius 1 is 0.974 bits per heavy atom. The number of imidazole rings is 1. The van der Waals surface area contributed by atoms with Crippen molar-refractivity contribution in [1.29, 1.82) is 0 Å². The van der Waals surface area contributed by atoms with Crippen LogP contribution < -0.4 is 10.2 Å². The first-order valence-electron chi connectivity index (χ1n) is 14.1. The molecule has 6 rings (SSSR count). The minimum absolute atomic E-state index is 0.315. The zero-order valence-electron chi connectivity index (χ0n) is 22.4. The molecule has 0 spiro atoms. The molecule has 1 aromatic carbocycles. The predicted molar refractivity (Wildman–Crippen MR) is 146 cm³/mol. The summed E-state index contributed by atoms with van der Waals surface area (Å²) in [6, 6.07) is 10.0. The zero-order chi connectivity index (χ0) is 26.8. The number of aromatic nitrogens is 4. The first-order chi connectivity index (χ1) is 19.1. The summed E-state index contributed by atoms with van der Waals surface area (Å²) >= 11 is 0. The molecular formula is C28H37F2N7O2. The Bertz CT molecular complexity index is 1260. The number of fused-ring (bicyclic) bond motifs is 1. The maximum atomic E-state index is 14.1. The molecule has 4 heterocycles. The fourth-order valence-corrected chi connectivity index (χ4v) is 6.18. The van der Waals surface area contributed by atoms with Crippen molar-refractivity contribution in [2.24, 2.45) is 5.92 Å². The first-order valence-corrected chi connectivity index (χ1v) is 14.1. The highest BCUT2D eigenvalue weighted by Gasteiger charge is 2.30. The number of rotatable bonds is 7. The summed E-state index contributed by atoms with van der Waals surface area (Å²) < 4.78 is 40.8. The molecule has 0 unspecified atom stereocenters. The van der Waals surface area contributed by atoms with E-state index in [9.17, 15) is 8.78 Å². The van der Waals surface area contributed by atoms with Crippen molar-refractivity contribution in [3.63, 3.8) is 0 Å². The summed E-state index contributed by atoms with van der Waals surface area (Å²) in [6.07, 6.45) is 1.93. The van der Waals surface area contributed by atoms with Crippen LogP contribution in [0.2, 0.25) is 0 Å². The van der Waals surface area contributed by atoms with Gasteiger partial charge < -0.3 is 19.7 Å². The third-order valence-corrected chi connectivity index (χ3v) is 8.28. The van der Waals surface area contributed by atoms with Crippen LogP contribution in [0.3, 0.4) is 0 Å². The smallest absolute Gasteiger partial charge is 0.296 e. The van der Waals surface area contributed by atoms with Crippen LogP contribution >= 0.6 is 0 Å². The van der Waals surface area contributed by atoms with Crippen LogP contribution in [-0.2, 0) is 9.47 Å². The van der Waals surface area contributed by atoms with E-state index in [4.69, 9.17) is 19.4 Å². The number of para-hydroxylation sites is 2. The molecule has 2 aliphatic heterocycles. The normalized spacial score (nSPS) is 24.9. The lowest BCUT2D eigenvalue weighted by Crippen LogP contribution is -2.50. The third-order valence-electron chi connectivity index (χ3n) is 8.28. The van der Waals surface area contributed by atoms with Gasteiger partial charge in [0, 0.05) is 44.3 Å². The quantitative estimate of drug-likeness (QED) is 0.475. The molecule has 0 amide bonds. The van der Waals surface area contributed by atoms with E-state index < -0.39 is 6.43 Å². The summed E-state index contributed by atoms with van der Waals surface area (Å²) in [7, 11) is 0. The molecular weight excluding hydrogens is 504 g/mol. The molecule has 9 nitrogen and oxygen atoms in total. The second-order valence-electron chi connectivity index (χ2n) is 10.8. The van der Waals surface area contributed by atoms with E-state index in [-0.39, 0.29) is 5.82 Å². The van der Waals surface area contributed by atoms with Gasteiger partial charge in [-0.1, -0.05) is 12.1 Å². The van der Waals surface area contributed by atoms with Gasteiger partial charge in [-0.25, -0.2) is 13.8 Å². The van der Waals surface area contributed by atoms with Crippen LogP contribution in [0.5, 0.6) is 0 Å². The molecule has 2 aromatic heterocycles. The van der Waals surface area contributed by atoms with Gasteiger partial charge in [0.2, 0.25) is 5.95 Å². The second-order valence-corrected chi connectivity index (χ2v) is 10.8. The lowest BCUT2D eigenvalue weighted by molar-refractivity contribution is -0.0317. The largest absolute Gasteiger partial charge is 0.379 e. The minimum Gasteiger partial charge on any atom is -0.379 e. The van der Waals surface area contributed by atoms with Crippen molar-refractivity contribution in [3.05, 3.63) is 36.2 Å². The Morgan fingerprint density at radius 3 is 2.51 bits per heavy atom. The molecule has 1 N–H and O–H groups in total. The number of nitrogens with zero attached hydrogens (tertiary/aromatic N) is 6. The summed E-state index contributed by atoms with van der Waals surface area (Å²) in [5.41, 5.74) is 1.11. The average Bonchev–Trinajstić information content (AvgIpc) is 3.37. The zero-order valence-corrected chi connectivity index (χ0v) is 22.4. The number of morpholine rings is 2. The van der Waals surface area contributed by atoms with Crippen LogP contribution in [0.4, 0.5) is 20.5 Å². The van der Waals surface area contributed by atoms with Crippen molar-refractivity contribution < 1.29 is 18.3 Å². The van der Waals surface area contributed by atoms with Gasteiger partial charge in [0.1, 0.15) is 11.6 Å². The van der Waals surface area contributed by atoms with Crippen LogP contribution in [0.15, 0.2) is 30.3 Å². The second kappa shape index (κ2) is 11.7. The van der Waals surface area contributed by atoms with Gasteiger partial charge >= 0.3 is 0 Å². The highest BCUT2D eigenvalue weighted by atomic mass is 19.3. The molecule has 3 fully saturated rings. The lowest BCUT2D eigenvalue weighted by Gasteiger charge is -2.42. The number of benzene rings is 1. The number of alkyl halides is 2. The lowest BCUT2D eigenvalue weighted by atomic mass is 9.84. The Morgan fingerprint density at radius 2 is 1.74 bits per heavy atom. The average molecular weight is 542 g/mol. The number of anilines is 2. The summed E-state index contributed by atoms with van der Waals surface area (Å²) in [4.78, 5) is 18.4. The Hall–Kier alpha value is -2.89. The molecule has 3 aromatic rings. The van der Waals surface area contributed by atoms with Crippen molar-refractivity contribution in [1.82, 2.24) is 24.4 Å². The molecule has 2 saturated heterocycles. The molecule has 0 bridgehead atoms. The maximum absolute atomic E-state index is 14.1. The van der Waals surface area contributed by atoms with Crippen LogP contribution in [0.1, 0.15) is 44.9 Å². The maximum Gasteiger partial charge on any atom is 0.296 e. The van der Waals surface area contributed by atoms with E-state index in [0.29, 0.717) is 72.9 Å². The molecule has 11 heteroatoms. The molecule has 1 saturated carbocycles. The third kappa shape index (κ3) is 5.71. The minimum atomic E-state index is -2.74. The molecule has 0 radical (unpaired) electrons. The number of hydrogen-bond acceptors (Lipinski definition) is 8. The van der Waals surface area contributed by atoms with Gasteiger partial charge in [0.25, 0.3) is 6.43 Å². The van der Waals surface area contributed by atoms with Crippen molar-refractivity contribution in [2.75, 3.05) is 62.8 Å². The summed E-state index contributed by atoms with van der Waals surface area (Å²) in [5, 5.41) is 3.53. The van der Waals surface area contributed by atoms with Gasteiger partial charge in [0.05, 0.1) is 37.5 Å². The topological polar surface area (TPSA) is 80.6 Å². The van der Waals surface area contributed by atoms with E-state index in [1.807, 2.05) is 11.0 Å². The molecule has 210 valence electrons. The fraction of sp³-hybridized carbons (Fsp3) is 0.607. The van der Waals surface area contributed by atoms with Crippen LogP contribution in [0, 0.1) is 5.92 Å². The SMILES string of the molecule is C[C@@H]1COCCN1[C@H]1CC[C@@H](CNc2cc(-n3c(C(F)F)nc4ccccc43)nc(N3CCOCC3)n2)CC1. The van der Waals surface area contributed by atoms with Gasteiger partial charge in [0.15, 0.2) is 5.82 Å². The molecule has 1 aliphatic carbocycles. The summed E-state index contributed by atoms with van der Waals surface area (Å²) in [5.74, 6) is 1.77. The van der Waals surface area contributed by atoms with Crippen LogP contribution in [0.25, 0.3) is 16.9 Å². The van der Waals surface area contributed by atoms with Crippen molar-refractivity contribution in [2.45, 2.75) is 51.1 Å². The number of hydrogen-bond donors (Lipinski definition) is 1. The molecule has 39 heavy (non-hydrogen) atoms. The highest BCUT2D eigenvalue weighted by molar-refractivity contribution is 5.78. The number of halogens is 2. The van der Waals surface area contributed by atoms with Gasteiger partial charge in [-0.15, -0.1) is 0 Å². The fourth-order valence-electron chi connectivity index (χ4n) is 6.18. The van der Waals surface area contributed by atoms with E-state index in [0.717, 1.165) is 39.1 Å². The van der Waals surface area contributed by atoms with Gasteiger partial charge in [-0.3, -0.25) is 9.47 Å². The monoisotopic (exact) mass is 541 g/mol. The van der Waals surface area contributed by atoms with E-state index in [1.165, 1.54) is 17.4 Å². The number of nitrogens with one attached hydrogen (secondary N) is 1. The van der Waals surface area contributed by atoms with Crippen molar-refractivity contribution in [3.8, 4) is 5.82 Å². The Kier molecular flexibility index (Phi) is 7.90. The number of ether oxygens (including phenoxy) is 2. The predicted octanol–water partition coefficient (Wildman–Crippen LogP) is 4.28. The van der Waals surface area contributed by atoms with Crippen molar-refractivity contribution >= 4 is 22.8 Å². The van der Waals surface area contributed by atoms with Gasteiger partial charge in [-0.2, -0.15) is 9.97 Å². The van der Waals surface area contributed by atoms with Crippen LogP contribution in [-0.4, -0.2) is 89.1 Å². The molecule has 3 aliphatic rings. The van der Waals surface area contributed by atoms with E-state index in [1.54, 1.807) is 24.3 Å². The molecule has 1 atom stereocenters. The Labute approximate surface area is 227 Å². The standard InChI is InChI=1S/C28H37F2N7O2/c1-19-18-39-15-12-36(19)21-8-6-20(7-9-21)17-31-24-16-25(34-28(33-24)35-10-13-38-14-11-35)37-23-5-3-2-4-22(23)32-27(37)26(29)30/h2-5,16,19-21,26H,6-15,17-18H2,1H3,(H,31,33,34)/t19-,20-,21+/m1/s1. The van der Waals surface area contributed by atoms with E-state index in [2.05, 4.69) is 22.1 Å². The highest BCUT2D eigenvalue weighted by Crippen LogP contribution is 2.31.